The predicted octanol–water partition coefficient (Wildman–Crippen LogP) is 2.48. The second kappa shape index (κ2) is 9.54. The van der Waals surface area contributed by atoms with Gasteiger partial charge in [0.05, 0.1) is 6.54 Å². The molecule has 0 spiro atoms. The quantitative estimate of drug-likeness (QED) is 0.568. The highest BCUT2D eigenvalue weighted by molar-refractivity contribution is 8.00. The first-order chi connectivity index (χ1) is 11.5. The van der Waals surface area contributed by atoms with Gasteiger partial charge >= 0.3 is 0 Å². The lowest BCUT2D eigenvalue weighted by molar-refractivity contribution is -0.132. The molecule has 2 aliphatic rings. The van der Waals surface area contributed by atoms with Gasteiger partial charge in [0.1, 0.15) is 0 Å². The van der Waals surface area contributed by atoms with Crippen molar-refractivity contribution in [3.8, 4) is 0 Å². The summed E-state index contributed by atoms with van der Waals surface area (Å²) in [5.74, 6) is 2.99. The Balaban J connectivity index is 1.75. The maximum Gasteiger partial charge on any atom is 0.224 e. The molecule has 1 amide bonds. The summed E-state index contributed by atoms with van der Waals surface area (Å²) in [6.45, 7) is 10.8. The van der Waals surface area contributed by atoms with E-state index in [2.05, 4.69) is 31.4 Å². The summed E-state index contributed by atoms with van der Waals surface area (Å²) in [6.07, 6.45) is 5.47. The van der Waals surface area contributed by atoms with E-state index in [4.69, 9.17) is 4.99 Å². The molecule has 138 valence electrons. The Morgan fingerprint density at radius 1 is 1.38 bits per heavy atom. The van der Waals surface area contributed by atoms with Crippen LogP contribution >= 0.6 is 11.8 Å². The van der Waals surface area contributed by atoms with Gasteiger partial charge in [-0.3, -0.25) is 9.79 Å². The van der Waals surface area contributed by atoms with Crippen LogP contribution in [0.1, 0.15) is 52.9 Å². The van der Waals surface area contributed by atoms with Gasteiger partial charge in [-0.1, -0.05) is 6.92 Å². The Morgan fingerprint density at radius 3 is 2.88 bits per heavy atom. The monoisotopic (exact) mass is 354 g/mol. The van der Waals surface area contributed by atoms with Crippen molar-refractivity contribution < 1.29 is 4.79 Å². The number of aliphatic imine (C=N–C) groups is 1. The van der Waals surface area contributed by atoms with Crippen molar-refractivity contribution in [3.63, 3.8) is 0 Å². The predicted molar refractivity (Wildman–Crippen MR) is 104 cm³/mol. The van der Waals surface area contributed by atoms with Crippen LogP contribution in [0.4, 0.5) is 0 Å². The molecule has 0 aromatic carbocycles. The summed E-state index contributed by atoms with van der Waals surface area (Å²) in [5.41, 5.74) is 0. The van der Waals surface area contributed by atoms with Gasteiger partial charge in [-0.2, -0.15) is 11.8 Å². The summed E-state index contributed by atoms with van der Waals surface area (Å²) in [7, 11) is 0. The maximum absolute atomic E-state index is 12.3. The Kier molecular flexibility index (Phi) is 7.72. The van der Waals surface area contributed by atoms with Crippen molar-refractivity contribution in [1.82, 2.24) is 15.5 Å². The average molecular weight is 355 g/mol. The van der Waals surface area contributed by atoms with E-state index in [-0.39, 0.29) is 10.7 Å². The molecule has 0 bridgehead atoms. The third-order valence-electron chi connectivity index (χ3n) is 4.86. The van der Waals surface area contributed by atoms with E-state index in [0.29, 0.717) is 18.9 Å². The van der Waals surface area contributed by atoms with Crippen LogP contribution in [0, 0.1) is 5.92 Å². The Hall–Kier alpha value is -0.910. The number of carbonyl (C=O) groups excluding carboxylic acids is 1. The summed E-state index contributed by atoms with van der Waals surface area (Å²) in [4.78, 5) is 19.1. The van der Waals surface area contributed by atoms with Gasteiger partial charge in [0, 0.05) is 37.3 Å². The third kappa shape index (κ3) is 6.19. The van der Waals surface area contributed by atoms with E-state index in [9.17, 15) is 4.79 Å². The number of rotatable bonds is 6. The molecule has 2 unspecified atom stereocenters. The molecule has 5 nitrogen and oxygen atoms in total. The number of carbonyl (C=O) groups is 1. The number of piperidine rings is 1. The van der Waals surface area contributed by atoms with Gasteiger partial charge in [-0.05, 0) is 51.2 Å². The largest absolute Gasteiger partial charge is 0.357 e. The molecular formula is C18H34N4OS. The second-order valence-electron chi connectivity index (χ2n) is 7.36. The van der Waals surface area contributed by atoms with E-state index in [0.717, 1.165) is 38.6 Å². The van der Waals surface area contributed by atoms with Crippen molar-refractivity contribution in [3.05, 3.63) is 0 Å². The van der Waals surface area contributed by atoms with Gasteiger partial charge in [-0.15, -0.1) is 0 Å². The lowest BCUT2D eigenvalue weighted by Gasteiger charge is -2.31. The minimum atomic E-state index is 0.267. The second-order valence-corrected chi connectivity index (χ2v) is 9.04. The van der Waals surface area contributed by atoms with E-state index in [1.165, 1.54) is 25.0 Å². The zero-order chi connectivity index (χ0) is 17.4. The van der Waals surface area contributed by atoms with Crippen LogP contribution in [-0.4, -0.2) is 60.0 Å². The van der Waals surface area contributed by atoms with E-state index in [1.54, 1.807) is 0 Å². The topological polar surface area (TPSA) is 56.7 Å². The van der Waals surface area contributed by atoms with E-state index in [1.807, 2.05) is 16.7 Å². The first-order valence-electron chi connectivity index (χ1n) is 9.46. The number of hydrogen-bond donors (Lipinski definition) is 2. The minimum absolute atomic E-state index is 0.267. The van der Waals surface area contributed by atoms with Crippen LogP contribution in [0.3, 0.4) is 0 Å². The van der Waals surface area contributed by atoms with Gasteiger partial charge < -0.3 is 15.5 Å². The smallest absolute Gasteiger partial charge is 0.224 e. The SMILES string of the molecule is CCNC(=NCC1(C)CCCS1)NCCC(=O)N1CCCC(C)C1. The van der Waals surface area contributed by atoms with Crippen molar-refractivity contribution in [2.24, 2.45) is 10.9 Å². The van der Waals surface area contributed by atoms with Gasteiger partial charge in [-0.25, -0.2) is 0 Å². The highest BCUT2D eigenvalue weighted by Gasteiger charge is 2.29. The third-order valence-corrected chi connectivity index (χ3v) is 6.38. The number of likely N-dealkylation sites (tertiary alicyclic amines) is 1. The van der Waals surface area contributed by atoms with Gasteiger partial charge in [0.25, 0.3) is 0 Å². The van der Waals surface area contributed by atoms with Crippen LogP contribution in [0.25, 0.3) is 0 Å². The molecule has 6 heteroatoms. The van der Waals surface area contributed by atoms with Gasteiger partial charge in [0.15, 0.2) is 5.96 Å². The van der Waals surface area contributed by atoms with Crippen molar-refractivity contribution in [2.45, 2.75) is 57.6 Å². The molecular weight excluding hydrogens is 320 g/mol. The molecule has 2 rings (SSSR count). The van der Waals surface area contributed by atoms with Crippen molar-refractivity contribution in [1.29, 1.82) is 0 Å². The standard InChI is InChI=1S/C18H34N4OS/c1-4-19-17(21-14-18(3)9-6-12-24-18)20-10-8-16(23)22-11-5-7-15(2)13-22/h15H,4-14H2,1-3H3,(H2,19,20,21). The fourth-order valence-electron chi connectivity index (χ4n) is 3.41. The van der Waals surface area contributed by atoms with Crippen molar-refractivity contribution >= 4 is 23.6 Å². The van der Waals surface area contributed by atoms with E-state index >= 15 is 0 Å². The van der Waals surface area contributed by atoms with Crippen LogP contribution in [0.2, 0.25) is 0 Å². The first kappa shape index (κ1) is 19.4. The molecule has 24 heavy (non-hydrogen) atoms. The van der Waals surface area contributed by atoms with Crippen LogP contribution in [0.15, 0.2) is 4.99 Å². The molecule has 0 aromatic rings. The minimum Gasteiger partial charge on any atom is -0.357 e. The fraction of sp³-hybridized carbons (Fsp3) is 0.889. The maximum atomic E-state index is 12.3. The molecule has 2 saturated heterocycles. The average Bonchev–Trinajstić information content (AvgIpc) is 2.99. The zero-order valence-electron chi connectivity index (χ0n) is 15.6. The van der Waals surface area contributed by atoms with Crippen molar-refractivity contribution in [2.75, 3.05) is 38.5 Å². The lowest BCUT2D eigenvalue weighted by Crippen LogP contribution is -2.43. The number of guanidine groups is 1. The molecule has 0 saturated carbocycles. The summed E-state index contributed by atoms with van der Waals surface area (Å²) < 4.78 is 0.280. The van der Waals surface area contributed by atoms with Crippen LogP contribution in [0.5, 0.6) is 0 Å². The normalized spacial score (nSPS) is 28.0. The molecule has 2 N–H and O–H groups in total. The molecule has 2 atom stereocenters. The number of nitrogens with zero attached hydrogens (tertiary/aromatic N) is 2. The number of amides is 1. The van der Waals surface area contributed by atoms with E-state index < -0.39 is 0 Å². The lowest BCUT2D eigenvalue weighted by atomic mass is 10.00. The number of hydrogen-bond acceptors (Lipinski definition) is 3. The number of nitrogens with one attached hydrogen (secondary N) is 2. The van der Waals surface area contributed by atoms with Crippen LogP contribution in [-0.2, 0) is 4.79 Å². The summed E-state index contributed by atoms with van der Waals surface area (Å²) in [6, 6.07) is 0. The Bertz CT molecular complexity index is 435. The molecule has 0 aliphatic carbocycles. The fourth-order valence-corrected chi connectivity index (χ4v) is 4.64. The molecule has 0 aromatic heterocycles. The summed E-state index contributed by atoms with van der Waals surface area (Å²) >= 11 is 2.03. The van der Waals surface area contributed by atoms with Gasteiger partial charge in [0.2, 0.25) is 5.91 Å². The molecule has 2 heterocycles. The zero-order valence-corrected chi connectivity index (χ0v) is 16.4. The highest BCUT2D eigenvalue weighted by atomic mass is 32.2. The molecule has 0 radical (unpaired) electrons. The molecule has 2 fully saturated rings. The molecule has 2 aliphatic heterocycles. The Morgan fingerprint density at radius 2 is 2.21 bits per heavy atom. The Labute approximate surface area is 151 Å². The highest BCUT2D eigenvalue weighted by Crippen LogP contribution is 2.37. The summed E-state index contributed by atoms with van der Waals surface area (Å²) in [5, 5.41) is 6.61. The number of thioether (sulfide) groups is 1. The first-order valence-corrected chi connectivity index (χ1v) is 10.4. The van der Waals surface area contributed by atoms with Crippen LogP contribution < -0.4 is 10.6 Å².